The molecule has 0 aromatic heterocycles. The molecule has 0 amide bonds. The molecule has 0 saturated heterocycles. The predicted molar refractivity (Wildman–Crippen MR) is 101 cm³/mol. The molecule has 3 heteroatoms. The molecule has 2 aromatic rings. The number of rotatable bonds is 5. The van der Waals surface area contributed by atoms with Gasteiger partial charge in [0.25, 0.3) is 0 Å². The summed E-state index contributed by atoms with van der Waals surface area (Å²) in [5.74, 6) is 1.18. The van der Waals surface area contributed by atoms with Crippen LogP contribution in [0.5, 0.6) is 0 Å². The summed E-state index contributed by atoms with van der Waals surface area (Å²) in [6.07, 6.45) is 0. The largest absolute Gasteiger partial charge is 0.349 e. The van der Waals surface area contributed by atoms with Gasteiger partial charge in [-0.2, -0.15) is 0 Å². The molecular weight excluding hydrogens is 288 g/mol. The molecule has 0 saturated carbocycles. The molecule has 0 aliphatic carbocycles. The van der Waals surface area contributed by atoms with Gasteiger partial charge in [0.05, 0.1) is 0 Å². The van der Waals surface area contributed by atoms with Gasteiger partial charge in [-0.15, -0.1) is 0 Å². The van der Waals surface area contributed by atoms with Crippen LogP contribution in [-0.4, -0.2) is 23.1 Å². The normalized spacial score (nSPS) is 11.2. The van der Waals surface area contributed by atoms with E-state index in [1.54, 1.807) is 0 Å². The summed E-state index contributed by atoms with van der Waals surface area (Å²) in [4.78, 5) is 2.28. The van der Waals surface area contributed by atoms with Crippen molar-refractivity contribution in [1.29, 1.82) is 0 Å². The zero-order valence-electron chi connectivity index (χ0n) is 14.0. The first-order valence-electron chi connectivity index (χ1n) is 8.01. The van der Waals surface area contributed by atoms with Crippen LogP contribution in [0, 0.1) is 11.8 Å². The second-order valence-electron chi connectivity index (χ2n) is 6.65. The first-order valence-corrected chi connectivity index (χ1v) is 8.42. The molecule has 0 heterocycles. The van der Waals surface area contributed by atoms with E-state index in [0.29, 0.717) is 11.8 Å². The molecule has 22 heavy (non-hydrogen) atoms. The van der Waals surface area contributed by atoms with E-state index in [0.717, 1.165) is 23.9 Å². The van der Waals surface area contributed by atoms with Gasteiger partial charge in [-0.1, -0.05) is 64.1 Å². The van der Waals surface area contributed by atoms with Gasteiger partial charge in [0.2, 0.25) is 0 Å². The fourth-order valence-electron chi connectivity index (χ4n) is 2.65. The quantitative estimate of drug-likeness (QED) is 0.768. The van der Waals surface area contributed by atoms with Gasteiger partial charge in [0, 0.05) is 24.2 Å². The van der Waals surface area contributed by atoms with Crippen LogP contribution in [0.4, 0.5) is 5.69 Å². The second-order valence-corrected chi connectivity index (χ2v) is 7.04. The maximum absolute atomic E-state index is 5.67. The molecule has 0 spiro atoms. The van der Waals surface area contributed by atoms with Gasteiger partial charge in [-0.25, -0.2) is 0 Å². The van der Waals surface area contributed by atoms with E-state index >= 15 is 0 Å². The van der Waals surface area contributed by atoms with Gasteiger partial charge >= 0.3 is 0 Å². The van der Waals surface area contributed by atoms with Crippen molar-refractivity contribution >= 4 is 33.8 Å². The highest BCUT2D eigenvalue weighted by molar-refractivity contribution is 7.80. The SMILES string of the molecule is CC(C)CN(CC(C)C)C(=S)Nc1cccc2ccccc12. The van der Waals surface area contributed by atoms with Crippen LogP contribution in [0.3, 0.4) is 0 Å². The molecule has 0 unspecified atom stereocenters. The van der Waals surface area contributed by atoms with E-state index in [-0.39, 0.29) is 0 Å². The minimum absolute atomic E-state index is 0.589. The zero-order chi connectivity index (χ0) is 16.1. The van der Waals surface area contributed by atoms with Crippen molar-refractivity contribution in [2.45, 2.75) is 27.7 Å². The number of hydrogen-bond donors (Lipinski definition) is 1. The van der Waals surface area contributed by atoms with Crippen molar-refractivity contribution in [3.63, 3.8) is 0 Å². The Hall–Kier alpha value is -1.61. The molecule has 0 aliphatic rings. The average Bonchev–Trinajstić information content (AvgIpc) is 2.46. The minimum atomic E-state index is 0.589. The van der Waals surface area contributed by atoms with Gasteiger partial charge in [0.1, 0.15) is 0 Å². The third-order valence-corrected chi connectivity index (χ3v) is 3.85. The highest BCUT2D eigenvalue weighted by atomic mass is 32.1. The molecule has 118 valence electrons. The van der Waals surface area contributed by atoms with Crippen LogP contribution in [0.1, 0.15) is 27.7 Å². The fraction of sp³-hybridized carbons (Fsp3) is 0.421. The van der Waals surface area contributed by atoms with Crippen molar-refractivity contribution in [2.24, 2.45) is 11.8 Å². The van der Waals surface area contributed by atoms with E-state index in [1.165, 1.54) is 10.8 Å². The third kappa shape index (κ3) is 4.44. The molecule has 1 N–H and O–H groups in total. The Labute approximate surface area is 139 Å². The summed E-state index contributed by atoms with van der Waals surface area (Å²) in [5, 5.41) is 6.71. The molecule has 2 aromatic carbocycles. The molecule has 0 radical (unpaired) electrons. The van der Waals surface area contributed by atoms with Crippen LogP contribution in [0.2, 0.25) is 0 Å². The van der Waals surface area contributed by atoms with E-state index < -0.39 is 0 Å². The fourth-order valence-corrected chi connectivity index (χ4v) is 2.91. The van der Waals surface area contributed by atoms with Gasteiger partial charge < -0.3 is 10.2 Å². The Bertz CT molecular complexity index is 619. The molecule has 0 bridgehead atoms. The van der Waals surface area contributed by atoms with E-state index in [1.807, 2.05) is 0 Å². The van der Waals surface area contributed by atoms with Gasteiger partial charge in [-0.05, 0) is 35.5 Å². The molecule has 0 atom stereocenters. The minimum Gasteiger partial charge on any atom is -0.349 e. The third-order valence-electron chi connectivity index (χ3n) is 3.49. The van der Waals surface area contributed by atoms with Gasteiger partial charge in [-0.3, -0.25) is 0 Å². The van der Waals surface area contributed by atoms with Crippen molar-refractivity contribution in [2.75, 3.05) is 18.4 Å². The summed E-state index contributed by atoms with van der Waals surface area (Å²) >= 11 is 5.67. The maximum atomic E-state index is 5.67. The summed E-state index contributed by atoms with van der Waals surface area (Å²) in [5.41, 5.74) is 1.08. The standard InChI is InChI=1S/C19H26N2S/c1-14(2)12-21(13-15(3)4)19(22)20-18-11-7-9-16-8-5-6-10-17(16)18/h5-11,14-15H,12-13H2,1-4H3,(H,20,22). The van der Waals surface area contributed by atoms with E-state index in [4.69, 9.17) is 12.2 Å². The lowest BCUT2D eigenvalue weighted by Crippen LogP contribution is -2.39. The topological polar surface area (TPSA) is 15.3 Å². The lowest BCUT2D eigenvalue weighted by Gasteiger charge is -2.29. The number of fused-ring (bicyclic) bond motifs is 1. The number of hydrogen-bond acceptors (Lipinski definition) is 1. The summed E-state index contributed by atoms with van der Waals surface area (Å²) in [6.45, 7) is 10.9. The first-order chi connectivity index (χ1) is 10.5. The molecule has 0 fully saturated rings. The van der Waals surface area contributed by atoms with Crippen molar-refractivity contribution in [3.8, 4) is 0 Å². The highest BCUT2D eigenvalue weighted by Crippen LogP contribution is 2.23. The monoisotopic (exact) mass is 314 g/mol. The number of nitrogens with zero attached hydrogens (tertiary/aromatic N) is 1. The zero-order valence-corrected chi connectivity index (χ0v) is 14.8. The lowest BCUT2D eigenvalue weighted by atomic mass is 10.1. The Morgan fingerprint density at radius 1 is 0.955 bits per heavy atom. The molecule has 2 rings (SSSR count). The maximum Gasteiger partial charge on any atom is 0.173 e. The van der Waals surface area contributed by atoms with Crippen molar-refractivity contribution < 1.29 is 0 Å². The predicted octanol–water partition coefficient (Wildman–Crippen LogP) is 5.15. The first kappa shape index (κ1) is 16.8. The van der Waals surface area contributed by atoms with E-state index in [2.05, 4.69) is 80.4 Å². The Morgan fingerprint density at radius 2 is 1.55 bits per heavy atom. The second kappa shape index (κ2) is 7.59. The Balaban J connectivity index is 2.20. The number of thiocarbonyl (C=S) groups is 1. The highest BCUT2D eigenvalue weighted by Gasteiger charge is 2.14. The van der Waals surface area contributed by atoms with Crippen LogP contribution in [0.25, 0.3) is 10.8 Å². The summed E-state index contributed by atoms with van der Waals surface area (Å²) < 4.78 is 0. The van der Waals surface area contributed by atoms with Crippen LogP contribution in [-0.2, 0) is 0 Å². The number of benzene rings is 2. The van der Waals surface area contributed by atoms with Gasteiger partial charge in [0.15, 0.2) is 5.11 Å². The van der Waals surface area contributed by atoms with E-state index in [9.17, 15) is 0 Å². The Kier molecular flexibility index (Phi) is 5.78. The van der Waals surface area contributed by atoms with Crippen LogP contribution in [0.15, 0.2) is 42.5 Å². The molecule has 0 aliphatic heterocycles. The van der Waals surface area contributed by atoms with Crippen LogP contribution >= 0.6 is 12.2 Å². The number of anilines is 1. The molecular formula is C19H26N2S. The summed E-state index contributed by atoms with van der Waals surface area (Å²) in [7, 11) is 0. The number of nitrogens with one attached hydrogen (secondary N) is 1. The molecule has 2 nitrogen and oxygen atoms in total. The van der Waals surface area contributed by atoms with Crippen molar-refractivity contribution in [3.05, 3.63) is 42.5 Å². The summed E-state index contributed by atoms with van der Waals surface area (Å²) in [6, 6.07) is 14.7. The van der Waals surface area contributed by atoms with Crippen molar-refractivity contribution in [1.82, 2.24) is 4.90 Å². The smallest absolute Gasteiger partial charge is 0.173 e. The lowest BCUT2D eigenvalue weighted by molar-refractivity contribution is 0.332. The average molecular weight is 314 g/mol. The Morgan fingerprint density at radius 3 is 2.18 bits per heavy atom. The van der Waals surface area contributed by atoms with Crippen LogP contribution < -0.4 is 5.32 Å².